The lowest BCUT2D eigenvalue weighted by atomic mass is 10.1. The first kappa shape index (κ1) is 21.0. The molecule has 5 rings (SSSR count). The zero-order valence-corrected chi connectivity index (χ0v) is 19.3. The van der Waals surface area contributed by atoms with Gasteiger partial charge in [-0.15, -0.1) is 0 Å². The lowest BCUT2D eigenvalue weighted by Crippen LogP contribution is -2.29. The number of halogens is 1. The molecule has 0 amide bonds. The van der Waals surface area contributed by atoms with Gasteiger partial charge in [-0.1, -0.05) is 48.0 Å². The normalized spacial score (nSPS) is 15.0. The molecule has 2 aromatic carbocycles. The molecular weight excluding hydrogens is 440 g/mol. The van der Waals surface area contributed by atoms with E-state index in [1.165, 1.54) is 35.2 Å². The van der Waals surface area contributed by atoms with Crippen molar-refractivity contribution in [2.24, 2.45) is 0 Å². The Bertz CT molecular complexity index is 1090. The summed E-state index contributed by atoms with van der Waals surface area (Å²) in [6, 6.07) is 18.8. The van der Waals surface area contributed by atoms with E-state index in [0.717, 1.165) is 32.0 Å². The van der Waals surface area contributed by atoms with E-state index in [0.29, 0.717) is 22.8 Å². The highest BCUT2D eigenvalue weighted by Gasteiger charge is 2.21. The zero-order chi connectivity index (χ0) is 21.9. The summed E-state index contributed by atoms with van der Waals surface area (Å²) in [6.07, 6.45) is 2.56. The summed E-state index contributed by atoms with van der Waals surface area (Å²) in [5.74, 6) is 1.18. The SMILES string of the molecule is S=C(NCc1ccc(N2CCCC2)cc1)Nc1nc(Cl)cc(N2Cc3ccccc3C2)n1. The molecule has 1 saturated heterocycles. The van der Waals surface area contributed by atoms with E-state index in [4.69, 9.17) is 23.8 Å². The largest absolute Gasteiger partial charge is 0.372 e. The number of hydrogen-bond donors (Lipinski definition) is 2. The third-order valence-electron chi connectivity index (χ3n) is 5.93. The number of anilines is 3. The van der Waals surface area contributed by atoms with Crippen molar-refractivity contribution in [3.05, 3.63) is 76.4 Å². The van der Waals surface area contributed by atoms with Crippen LogP contribution >= 0.6 is 23.8 Å². The Balaban J connectivity index is 1.18. The van der Waals surface area contributed by atoms with Gasteiger partial charge < -0.3 is 20.4 Å². The van der Waals surface area contributed by atoms with Crippen LogP contribution < -0.4 is 20.4 Å². The third kappa shape index (κ3) is 4.79. The maximum absolute atomic E-state index is 6.28. The number of nitrogens with zero attached hydrogens (tertiary/aromatic N) is 4. The molecule has 164 valence electrons. The Hall–Kier alpha value is -2.90. The molecule has 1 fully saturated rings. The molecule has 0 radical (unpaired) electrons. The fourth-order valence-corrected chi connectivity index (χ4v) is 4.59. The second kappa shape index (κ2) is 9.30. The molecule has 2 aliphatic heterocycles. The molecule has 0 atom stereocenters. The van der Waals surface area contributed by atoms with E-state index in [1.807, 2.05) is 0 Å². The van der Waals surface area contributed by atoms with Crippen molar-refractivity contribution < 1.29 is 0 Å². The minimum atomic E-state index is 0.383. The monoisotopic (exact) mass is 464 g/mol. The van der Waals surface area contributed by atoms with Crippen LogP contribution in [0.1, 0.15) is 29.5 Å². The minimum Gasteiger partial charge on any atom is -0.372 e. The van der Waals surface area contributed by atoms with Gasteiger partial charge in [0.2, 0.25) is 5.95 Å². The lowest BCUT2D eigenvalue weighted by Gasteiger charge is -2.18. The van der Waals surface area contributed by atoms with Crippen LogP contribution in [-0.4, -0.2) is 28.2 Å². The van der Waals surface area contributed by atoms with Gasteiger partial charge in [0.1, 0.15) is 11.0 Å². The van der Waals surface area contributed by atoms with Gasteiger partial charge in [-0.2, -0.15) is 4.98 Å². The van der Waals surface area contributed by atoms with Crippen LogP contribution in [0.2, 0.25) is 5.15 Å². The fourth-order valence-electron chi connectivity index (χ4n) is 4.25. The molecule has 1 aromatic heterocycles. The van der Waals surface area contributed by atoms with Gasteiger partial charge in [0.05, 0.1) is 0 Å². The number of benzene rings is 2. The van der Waals surface area contributed by atoms with Crippen LogP contribution in [0.3, 0.4) is 0 Å². The Labute approximate surface area is 198 Å². The molecule has 8 heteroatoms. The van der Waals surface area contributed by atoms with Crippen LogP contribution in [-0.2, 0) is 19.6 Å². The second-order valence-corrected chi connectivity index (χ2v) is 8.96. The molecule has 0 bridgehead atoms. The second-order valence-electron chi connectivity index (χ2n) is 8.17. The van der Waals surface area contributed by atoms with E-state index < -0.39 is 0 Å². The van der Waals surface area contributed by atoms with E-state index in [2.05, 4.69) is 78.9 Å². The van der Waals surface area contributed by atoms with Crippen molar-refractivity contribution in [3.63, 3.8) is 0 Å². The molecule has 6 nitrogen and oxygen atoms in total. The number of nitrogens with one attached hydrogen (secondary N) is 2. The van der Waals surface area contributed by atoms with Crippen molar-refractivity contribution in [2.45, 2.75) is 32.5 Å². The van der Waals surface area contributed by atoms with Crippen molar-refractivity contribution in [3.8, 4) is 0 Å². The van der Waals surface area contributed by atoms with Gasteiger partial charge >= 0.3 is 0 Å². The highest BCUT2D eigenvalue weighted by molar-refractivity contribution is 7.80. The Morgan fingerprint density at radius 1 is 0.938 bits per heavy atom. The van der Waals surface area contributed by atoms with E-state index >= 15 is 0 Å². The predicted octanol–water partition coefficient (Wildman–Crippen LogP) is 4.74. The molecule has 0 saturated carbocycles. The number of rotatable bonds is 5. The first-order valence-electron chi connectivity index (χ1n) is 10.9. The van der Waals surface area contributed by atoms with Crippen LogP contribution in [0.15, 0.2) is 54.6 Å². The molecule has 2 N–H and O–H groups in total. The number of thiocarbonyl (C=S) groups is 1. The van der Waals surface area contributed by atoms with Crippen molar-refractivity contribution in [1.82, 2.24) is 15.3 Å². The minimum absolute atomic E-state index is 0.383. The Kier molecular flexibility index (Phi) is 6.10. The highest BCUT2D eigenvalue weighted by atomic mass is 35.5. The summed E-state index contributed by atoms with van der Waals surface area (Å²) in [5, 5.41) is 7.15. The maximum atomic E-state index is 6.28. The van der Waals surface area contributed by atoms with Crippen LogP contribution in [0.5, 0.6) is 0 Å². The van der Waals surface area contributed by atoms with E-state index in [1.54, 1.807) is 6.07 Å². The van der Waals surface area contributed by atoms with Gasteiger partial charge in [0.15, 0.2) is 5.11 Å². The maximum Gasteiger partial charge on any atom is 0.232 e. The van der Waals surface area contributed by atoms with Gasteiger partial charge in [-0.3, -0.25) is 0 Å². The first-order chi connectivity index (χ1) is 15.6. The molecule has 3 aromatic rings. The molecule has 3 heterocycles. The summed E-state index contributed by atoms with van der Waals surface area (Å²) in [5.41, 5.74) is 5.07. The third-order valence-corrected chi connectivity index (χ3v) is 6.37. The van der Waals surface area contributed by atoms with Gasteiger partial charge in [0, 0.05) is 44.5 Å². The Morgan fingerprint density at radius 2 is 1.62 bits per heavy atom. The average Bonchev–Trinajstić information content (AvgIpc) is 3.48. The zero-order valence-electron chi connectivity index (χ0n) is 17.7. The molecule has 2 aliphatic rings. The molecular formula is C24H25ClN6S. The molecule has 0 spiro atoms. The van der Waals surface area contributed by atoms with Gasteiger partial charge in [0.25, 0.3) is 0 Å². The summed E-state index contributed by atoms with van der Waals surface area (Å²) in [7, 11) is 0. The summed E-state index contributed by atoms with van der Waals surface area (Å²) >= 11 is 11.7. The highest BCUT2D eigenvalue weighted by Crippen LogP contribution is 2.28. The summed E-state index contributed by atoms with van der Waals surface area (Å²) in [6.45, 7) is 4.53. The van der Waals surface area contributed by atoms with Crippen LogP contribution in [0, 0.1) is 0 Å². The number of hydrogen-bond acceptors (Lipinski definition) is 5. The fraction of sp³-hybridized carbons (Fsp3) is 0.292. The lowest BCUT2D eigenvalue weighted by molar-refractivity contribution is 0.852. The van der Waals surface area contributed by atoms with Gasteiger partial charge in [-0.05, 0) is 53.9 Å². The topological polar surface area (TPSA) is 56.3 Å². The predicted molar refractivity (Wildman–Crippen MR) is 134 cm³/mol. The van der Waals surface area contributed by atoms with Crippen LogP contribution in [0.4, 0.5) is 17.5 Å². The smallest absolute Gasteiger partial charge is 0.232 e. The van der Waals surface area contributed by atoms with E-state index in [-0.39, 0.29) is 0 Å². The average molecular weight is 465 g/mol. The van der Waals surface area contributed by atoms with E-state index in [9.17, 15) is 0 Å². The standard InChI is InChI=1S/C24H25ClN6S/c25-21-13-22(31-15-18-5-1-2-6-19(18)16-31)28-23(27-21)29-24(32)26-14-17-7-9-20(10-8-17)30-11-3-4-12-30/h1-2,5-10,13H,3-4,11-12,14-16H2,(H2,26,27,28,29,32). The number of aromatic nitrogens is 2. The van der Waals surface area contributed by atoms with Crippen molar-refractivity contribution >= 4 is 46.4 Å². The van der Waals surface area contributed by atoms with Crippen LogP contribution in [0.25, 0.3) is 0 Å². The summed E-state index contributed by atoms with van der Waals surface area (Å²) < 4.78 is 0. The molecule has 0 aliphatic carbocycles. The van der Waals surface area contributed by atoms with Gasteiger partial charge in [-0.25, -0.2) is 4.98 Å². The summed E-state index contributed by atoms with van der Waals surface area (Å²) in [4.78, 5) is 13.5. The molecule has 32 heavy (non-hydrogen) atoms. The van der Waals surface area contributed by atoms with Crippen molar-refractivity contribution in [2.75, 3.05) is 28.2 Å². The molecule has 0 unspecified atom stereocenters. The number of fused-ring (bicyclic) bond motifs is 1. The van der Waals surface area contributed by atoms with Crippen molar-refractivity contribution in [1.29, 1.82) is 0 Å². The quantitative estimate of drug-likeness (QED) is 0.418. The first-order valence-corrected chi connectivity index (χ1v) is 11.7. The Morgan fingerprint density at radius 3 is 2.31 bits per heavy atom.